The number of halogens is 3. The smallest absolute Gasteiger partial charge is 0.256 e. The van der Waals surface area contributed by atoms with E-state index in [4.69, 9.17) is 4.98 Å². The van der Waals surface area contributed by atoms with Crippen LogP contribution in [0.4, 0.5) is 13.2 Å². The van der Waals surface area contributed by atoms with Crippen LogP contribution >= 0.6 is 11.3 Å². The van der Waals surface area contributed by atoms with Crippen molar-refractivity contribution in [1.82, 2.24) is 4.98 Å². The first kappa shape index (κ1) is 21.9. The van der Waals surface area contributed by atoms with E-state index in [-0.39, 0.29) is 6.42 Å². The van der Waals surface area contributed by atoms with Crippen molar-refractivity contribution in [3.8, 4) is 11.3 Å². The van der Waals surface area contributed by atoms with Gasteiger partial charge >= 0.3 is 6.18 Å². The van der Waals surface area contributed by atoms with Crippen LogP contribution in [0.2, 0.25) is 0 Å². The zero-order chi connectivity index (χ0) is 23.5. The maximum Gasteiger partial charge on any atom is 0.394 e. The summed E-state index contributed by atoms with van der Waals surface area (Å²) in [5.41, 5.74) is 2.66. The van der Waals surface area contributed by atoms with E-state index < -0.39 is 11.6 Å². The van der Waals surface area contributed by atoms with Crippen molar-refractivity contribution in [2.75, 3.05) is 0 Å². The highest BCUT2D eigenvalue weighted by atomic mass is 32.1. The Morgan fingerprint density at radius 3 is 2.12 bits per heavy atom. The van der Waals surface area contributed by atoms with Crippen molar-refractivity contribution in [3.05, 3.63) is 76.8 Å². The molecule has 0 bridgehead atoms. The van der Waals surface area contributed by atoms with Crippen LogP contribution in [0.5, 0.6) is 0 Å². The molecule has 33 heavy (non-hydrogen) atoms. The molecule has 168 valence electrons. The van der Waals surface area contributed by atoms with Gasteiger partial charge in [-0.1, -0.05) is 55.3 Å². The van der Waals surface area contributed by atoms with Crippen molar-refractivity contribution in [2.45, 2.75) is 40.3 Å². The van der Waals surface area contributed by atoms with Gasteiger partial charge in [0.05, 0.1) is 11.1 Å². The minimum atomic E-state index is -4.24. The second-order valence-electron chi connectivity index (χ2n) is 9.55. The van der Waals surface area contributed by atoms with Crippen molar-refractivity contribution >= 4 is 43.0 Å². The third kappa shape index (κ3) is 3.78. The third-order valence-corrected chi connectivity index (χ3v) is 7.54. The van der Waals surface area contributed by atoms with Crippen molar-refractivity contribution in [1.29, 1.82) is 0 Å². The number of aromatic nitrogens is 1. The van der Waals surface area contributed by atoms with E-state index in [2.05, 4.69) is 50.2 Å². The van der Waals surface area contributed by atoms with Crippen LogP contribution in [-0.2, 0) is 6.42 Å². The number of alkyl halides is 3. The van der Waals surface area contributed by atoms with Gasteiger partial charge in [-0.2, -0.15) is 13.2 Å². The van der Waals surface area contributed by atoms with Crippen LogP contribution in [0.15, 0.2) is 60.8 Å². The molecule has 3 aromatic carbocycles. The molecule has 2 heterocycles. The van der Waals surface area contributed by atoms with Crippen LogP contribution in [0, 0.1) is 19.3 Å². The SMILES string of the molecule is Cc1cc(C)cc(-c2nccc3c2ccc2c3ccc3cc(CC(C)(C)C(F)(F)F)sc32)c1. The Morgan fingerprint density at radius 2 is 1.42 bits per heavy atom. The normalized spacial score (nSPS) is 12.8. The molecule has 0 N–H and O–H groups in total. The van der Waals surface area contributed by atoms with Gasteiger partial charge in [-0.05, 0) is 60.7 Å². The van der Waals surface area contributed by atoms with E-state index >= 15 is 0 Å². The number of rotatable bonds is 3. The highest BCUT2D eigenvalue weighted by Gasteiger charge is 2.47. The first-order valence-electron chi connectivity index (χ1n) is 10.9. The summed E-state index contributed by atoms with van der Waals surface area (Å²) in [7, 11) is 0. The van der Waals surface area contributed by atoms with E-state index in [1.54, 1.807) is 0 Å². The number of benzene rings is 3. The Hall–Kier alpha value is -2.92. The lowest BCUT2D eigenvalue weighted by atomic mass is 9.88. The number of hydrogen-bond donors (Lipinski definition) is 0. The highest BCUT2D eigenvalue weighted by molar-refractivity contribution is 7.20. The fourth-order valence-electron chi connectivity index (χ4n) is 4.59. The van der Waals surface area contributed by atoms with Gasteiger partial charge in [0.15, 0.2) is 0 Å². The highest BCUT2D eigenvalue weighted by Crippen LogP contribution is 2.44. The fraction of sp³-hybridized carbons (Fsp3) is 0.250. The lowest BCUT2D eigenvalue weighted by molar-refractivity contribution is -0.210. The standard InChI is InChI=1S/C28H24F3NS/c1-16-11-17(2)13-19(12-16)25-23-7-8-24-21(22(23)9-10-32-25)6-5-18-14-20(33-26(18)24)15-27(3,4)28(29,30)31/h5-14H,15H2,1-4H3. The maximum absolute atomic E-state index is 13.4. The maximum atomic E-state index is 13.4. The molecule has 0 amide bonds. The Kier molecular flexibility index (Phi) is 5.02. The van der Waals surface area contributed by atoms with Crippen LogP contribution in [-0.4, -0.2) is 11.2 Å². The topological polar surface area (TPSA) is 12.9 Å². The number of pyridine rings is 1. The summed E-state index contributed by atoms with van der Waals surface area (Å²) in [5.74, 6) is 0. The molecule has 0 saturated carbocycles. The van der Waals surface area contributed by atoms with Gasteiger partial charge in [0.2, 0.25) is 0 Å². The van der Waals surface area contributed by atoms with Crippen LogP contribution in [0.25, 0.3) is 42.9 Å². The quantitative estimate of drug-likeness (QED) is 0.243. The molecule has 5 aromatic rings. The summed E-state index contributed by atoms with van der Waals surface area (Å²) in [5, 5.41) is 5.33. The first-order chi connectivity index (χ1) is 15.5. The van der Waals surface area contributed by atoms with E-state index in [1.807, 2.05) is 24.4 Å². The largest absolute Gasteiger partial charge is 0.394 e. The monoisotopic (exact) mass is 463 g/mol. The average molecular weight is 464 g/mol. The molecule has 0 saturated heterocycles. The summed E-state index contributed by atoms with van der Waals surface area (Å²) < 4.78 is 41.3. The fourth-order valence-corrected chi connectivity index (χ4v) is 6.00. The molecule has 0 fully saturated rings. The van der Waals surface area contributed by atoms with Crippen LogP contribution in [0.1, 0.15) is 29.9 Å². The summed E-state index contributed by atoms with van der Waals surface area (Å²) in [4.78, 5) is 5.45. The van der Waals surface area contributed by atoms with Crippen LogP contribution in [0.3, 0.4) is 0 Å². The van der Waals surface area contributed by atoms with Crippen molar-refractivity contribution in [3.63, 3.8) is 0 Å². The molecule has 5 heteroatoms. The van der Waals surface area contributed by atoms with Gasteiger partial charge in [0, 0.05) is 32.1 Å². The molecule has 2 aromatic heterocycles. The second-order valence-corrected chi connectivity index (χ2v) is 10.7. The number of hydrogen-bond acceptors (Lipinski definition) is 2. The lowest BCUT2D eigenvalue weighted by Gasteiger charge is -2.26. The summed E-state index contributed by atoms with van der Waals surface area (Å²) >= 11 is 1.47. The molecule has 0 radical (unpaired) electrons. The lowest BCUT2D eigenvalue weighted by Crippen LogP contribution is -2.33. The molecule has 0 aliphatic carbocycles. The zero-order valence-corrected chi connectivity index (χ0v) is 19.8. The van der Waals surface area contributed by atoms with Gasteiger partial charge in [-0.3, -0.25) is 4.98 Å². The number of thiophene rings is 1. The van der Waals surface area contributed by atoms with Crippen LogP contribution < -0.4 is 0 Å². The summed E-state index contributed by atoms with van der Waals surface area (Å²) in [6, 6.07) is 18.7. The second kappa shape index (κ2) is 7.56. The summed E-state index contributed by atoms with van der Waals surface area (Å²) in [6.45, 7) is 6.71. The predicted octanol–water partition coefficient (Wildman–Crippen LogP) is 9.02. The number of fused-ring (bicyclic) bond motifs is 5. The molecule has 5 rings (SSSR count). The predicted molar refractivity (Wildman–Crippen MR) is 133 cm³/mol. The Labute approximate surface area is 194 Å². The van der Waals surface area contributed by atoms with E-state index in [1.165, 1.54) is 36.3 Å². The summed E-state index contributed by atoms with van der Waals surface area (Å²) in [6.07, 6.45) is -2.42. The zero-order valence-electron chi connectivity index (χ0n) is 19.0. The molecule has 0 aliphatic heterocycles. The minimum Gasteiger partial charge on any atom is -0.256 e. The van der Waals surface area contributed by atoms with Gasteiger partial charge in [0.25, 0.3) is 0 Å². The van der Waals surface area contributed by atoms with E-state index in [0.717, 1.165) is 47.8 Å². The van der Waals surface area contributed by atoms with Gasteiger partial charge in [0.1, 0.15) is 0 Å². The average Bonchev–Trinajstić information content (AvgIpc) is 3.13. The van der Waals surface area contributed by atoms with Gasteiger partial charge in [-0.25, -0.2) is 0 Å². The van der Waals surface area contributed by atoms with Gasteiger partial charge in [-0.15, -0.1) is 11.3 Å². The Balaban J connectivity index is 1.68. The van der Waals surface area contributed by atoms with Crippen molar-refractivity contribution < 1.29 is 13.2 Å². The van der Waals surface area contributed by atoms with E-state index in [0.29, 0.717) is 0 Å². The molecule has 0 unspecified atom stereocenters. The number of nitrogens with zero attached hydrogens (tertiary/aromatic N) is 1. The molecule has 0 aliphatic rings. The van der Waals surface area contributed by atoms with Gasteiger partial charge < -0.3 is 0 Å². The molecular formula is C28H24F3NS. The molecule has 0 spiro atoms. The molecule has 0 atom stereocenters. The molecule has 1 nitrogen and oxygen atoms in total. The van der Waals surface area contributed by atoms with Crippen molar-refractivity contribution in [2.24, 2.45) is 5.41 Å². The minimum absolute atomic E-state index is 0.0221. The Bertz CT molecular complexity index is 1510. The Morgan fingerprint density at radius 1 is 0.788 bits per heavy atom. The molecular weight excluding hydrogens is 439 g/mol. The van der Waals surface area contributed by atoms with E-state index in [9.17, 15) is 13.2 Å². The first-order valence-corrected chi connectivity index (χ1v) is 11.7. The number of aryl methyl sites for hydroxylation is 2. The third-order valence-electron chi connectivity index (χ3n) is 6.35.